The maximum atomic E-state index is 13.0. The van der Waals surface area contributed by atoms with Crippen LogP contribution < -0.4 is 10.6 Å². The largest absolute Gasteiger partial charge is 0.345 e. The highest BCUT2D eigenvalue weighted by Crippen LogP contribution is 2.34. The average Bonchev–Trinajstić information content (AvgIpc) is 3.45. The molecule has 4 fully saturated rings. The van der Waals surface area contributed by atoms with E-state index in [9.17, 15) is 14.4 Å². The molecule has 30 heavy (non-hydrogen) atoms. The standard InChI is InChI=1S/C24H37N3O3/c1-16(17-9-5-10-17)20-11-6-14-27(20)21(28)15-25-24(30)22(18-7-3-2-4-8-18)26-23(29)19-12-13-19/h18-20,22H,2-15H2,1H3,(H,25,30)(H,26,29). The molecule has 3 saturated carbocycles. The van der Waals surface area contributed by atoms with Crippen LogP contribution in [-0.2, 0) is 14.4 Å². The van der Waals surface area contributed by atoms with E-state index in [1.165, 1.54) is 36.8 Å². The molecule has 3 aliphatic carbocycles. The number of hydrogen-bond acceptors (Lipinski definition) is 3. The second-order valence-corrected chi connectivity index (χ2v) is 9.76. The molecule has 0 aromatic heterocycles. The smallest absolute Gasteiger partial charge is 0.243 e. The zero-order valence-corrected chi connectivity index (χ0v) is 18.4. The van der Waals surface area contributed by atoms with Crippen molar-refractivity contribution >= 4 is 17.7 Å². The molecule has 0 aromatic rings. The van der Waals surface area contributed by atoms with Gasteiger partial charge in [0.1, 0.15) is 6.04 Å². The zero-order valence-electron chi connectivity index (χ0n) is 18.4. The van der Waals surface area contributed by atoms with E-state index in [1.54, 1.807) is 0 Å². The Morgan fingerprint density at radius 2 is 1.70 bits per heavy atom. The van der Waals surface area contributed by atoms with Gasteiger partial charge in [0.25, 0.3) is 0 Å². The first-order chi connectivity index (χ1) is 14.5. The van der Waals surface area contributed by atoms with Crippen molar-refractivity contribution in [2.45, 2.75) is 96.1 Å². The highest BCUT2D eigenvalue weighted by atomic mass is 16.2. The van der Waals surface area contributed by atoms with E-state index in [1.807, 2.05) is 4.90 Å². The van der Waals surface area contributed by atoms with Crippen molar-refractivity contribution in [3.8, 4) is 0 Å². The third-order valence-electron chi connectivity index (χ3n) is 7.65. The highest BCUT2D eigenvalue weighted by Gasteiger charge is 2.37. The first kappa shape index (κ1) is 21.4. The van der Waals surface area contributed by atoms with Gasteiger partial charge in [0, 0.05) is 12.5 Å². The van der Waals surface area contributed by atoms with E-state index in [2.05, 4.69) is 17.6 Å². The summed E-state index contributed by atoms with van der Waals surface area (Å²) in [5, 5.41) is 5.89. The normalized spacial score (nSPS) is 25.4. The van der Waals surface area contributed by atoms with Crippen LogP contribution in [0.15, 0.2) is 11.1 Å². The molecule has 2 N–H and O–H groups in total. The predicted molar refractivity (Wildman–Crippen MR) is 116 cm³/mol. The van der Waals surface area contributed by atoms with Crippen molar-refractivity contribution in [2.24, 2.45) is 11.8 Å². The number of carbonyl (C=O) groups is 3. The molecule has 2 unspecified atom stereocenters. The summed E-state index contributed by atoms with van der Waals surface area (Å²) >= 11 is 0. The van der Waals surface area contributed by atoms with E-state index >= 15 is 0 Å². The summed E-state index contributed by atoms with van der Waals surface area (Å²) in [4.78, 5) is 40.3. The van der Waals surface area contributed by atoms with Crippen LogP contribution in [0.1, 0.15) is 84.0 Å². The van der Waals surface area contributed by atoms with Crippen molar-refractivity contribution in [1.29, 1.82) is 0 Å². The van der Waals surface area contributed by atoms with Crippen LogP contribution in [-0.4, -0.2) is 47.8 Å². The lowest BCUT2D eigenvalue weighted by Crippen LogP contribution is -2.53. The third kappa shape index (κ3) is 4.89. The molecule has 4 rings (SSSR count). The van der Waals surface area contributed by atoms with E-state index in [4.69, 9.17) is 0 Å². The van der Waals surface area contributed by atoms with Gasteiger partial charge in [-0.15, -0.1) is 0 Å². The summed E-state index contributed by atoms with van der Waals surface area (Å²) < 4.78 is 0. The Bertz CT molecular complexity index is 700. The maximum absolute atomic E-state index is 13.0. The summed E-state index contributed by atoms with van der Waals surface area (Å²) in [7, 11) is 0. The first-order valence-electron chi connectivity index (χ1n) is 12.1. The number of nitrogens with zero attached hydrogens (tertiary/aromatic N) is 1. The molecule has 2 atom stereocenters. The molecule has 4 aliphatic rings. The quantitative estimate of drug-likeness (QED) is 0.627. The van der Waals surface area contributed by atoms with Gasteiger partial charge in [0.15, 0.2) is 0 Å². The van der Waals surface area contributed by atoms with Crippen molar-refractivity contribution in [3.05, 3.63) is 11.1 Å². The van der Waals surface area contributed by atoms with Crippen LogP contribution in [0.4, 0.5) is 0 Å². The summed E-state index contributed by atoms with van der Waals surface area (Å²) in [6, 6.07) is -0.298. The molecule has 3 amide bonds. The lowest BCUT2D eigenvalue weighted by molar-refractivity contribution is -0.135. The second kappa shape index (κ2) is 9.52. The Balaban J connectivity index is 1.34. The number of amides is 3. The fraction of sp³-hybridized carbons (Fsp3) is 0.792. The van der Waals surface area contributed by atoms with Gasteiger partial charge in [-0.1, -0.05) is 30.4 Å². The monoisotopic (exact) mass is 415 g/mol. The second-order valence-electron chi connectivity index (χ2n) is 9.76. The molecule has 0 bridgehead atoms. The van der Waals surface area contributed by atoms with Gasteiger partial charge >= 0.3 is 0 Å². The highest BCUT2D eigenvalue weighted by molar-refractivity contribution is 5.92. The minimum Gasteiger partial charge on any atom is -0.345 e. The molecule has 1 aliphatic heterocycles. The molecule has 6 nitrogen and oxygen atoms in total. The number of allylic oxidation sites excluding steroid dienone is 1. The predicted octanol–water partition coefficient (Wildman–Crippen LogP) is 3.07. The SMILES string of the molecule is CC(=C1CCC1)C1CCCN1C(=O)CNC(=O)C(NC(=O)C1CC1)C1CCCCC1. The molecular weight excluding hydrogens is 378 g/mol. The average molecular weight is 416 g/mol. The molecule has 166 valence electrons. The van der Waals surface area contributed by atoms with Gasteiger partial charge in [0.2, 0.25) is 17.7 Å². The Hall–Kier alpha value is -1.85. The van der Waals surface area contributed by atoms with Crippen LogP contribution in [0, 0.1) is 11.8 Å². The molecule has 6 heteroatoms. The first-order valence-corrected chi connectivity index (χ1v) is 12.1. The number of hydrogen-bond donors (Lipinski definition) is 2. The van der Waals surface area contributed by atoms with Crippen LogP contribution in [0.25, 0.3) is 0 Å². The molecule has 1 saturated heterocycles. The lowest BCUT2D eigenvalue weighted by Gasteiger charge is -2.31. The molecule has 0 radical (unpaired) electrons. The van der Waals surface area contributed by atoms with Gasteiger partial charge < -0.3 is 15.5 Å². The van der Waals surface area contributed by atoms with E-state index < -0.39 is 6.04 Å². The van der Waals surface area contributed by atoms with E-state index in [-0.39, 0.29) is 42.1 Å². The zero-order chi connectivity index (χ0) is 21.1. The molecule has 1 heterocycles. The summed E-state index contributed by atoms with van der Waals surface area (Å²) in [5.74, 6) is 0.0876. The topological polar surface area (TPSA) is 78.5 Å². The number of rotatable bonds is 7. The van der Waals surface area contributed by atoms with E-state index in [0.29, 0.717) is 0 Å². The Kier molecular flexibility index (Phi) is 6.79. The number of nitrogens with one attached hydrogen (secondary N) is 2. The van der Waals surface area contributed by atoms with Gasteiger partial charge in [0.05, 0.1) is 12.6 Å². The molecular formula is C24H37N3O3. The lowest BCUT2D eigenvalue weighted by atomic mass is 9.83. The van der Waals surface area contributed by atoms with Crippen LogP contribution >= 0.6 is 0 Å². The molecule has 0 spiro atoms. The Labute approximate surface area is 180 Å². The Morgan fingerprint density at radius 3 is 2.33 bits per heavy atom. The van der Waals surface area contributed by atoms with Crippen LogP contribution in [0.2, 0.25) is 0 Å². The van der Waals surface area contributed by atoms with Gasteiger partial charge in [-0.05, 0) is 70.6 Å². The van der Waals surface area contributed by atoms with Crippen molar-refractivity contribution < 1.29 is 14.4 Å². The van der Waals surface area contributed by atoms with Crippen LogP contribution in [0.5, 0.6) is 0 Å². The minimum absolute atomic E-state index is 0.000960. The van der Waals surface area contributed by atoms with Gasteiger partial charge in [-0.2, -0.15) is 0 Å². The summed E-state index contributed by atoms with van der Waals surface area (Å²) in [6.07, 6.45) is 12.9. The summed E-state index contributed by atoms with van der Waals surface area (Å²) in [5.41, 5.74) is 2.89. The maximum Gasteiger partial charge on any atom is 0.243 e. The van der Waals surface area contributed by atoms with E-state index in [0.717, 1.165) is 57.9 Å². The van der Waals surface area contributed by atoms with Gasteiger partial charge in [-0.3, -0.25) is 14.4 Å². The third-order valence-corrected chi connectivity index (χ3v) is 7.65. The number of carbonyl (C=O) groups excluding carboxylic acids is 3. The number of likely N-dealkylation sites (tertiary alicyclic amines) is 1. The fourth-order valence-electron chi connectivity index (χ4n) is 5.35. The minimum atomic E-state index is -0.501. The molecule has 0 aromatic carbocycles. The summed E-state index contributed by atoms with van der Waals surface area (Å²) in [6.45, 7) is 2.98. The van der Waals surface area contributed by atoms with Crippen LogP contribution in [0.3, 0.4) is 0 Å². The van der Waals surface area contributed by atoms with Crippen molar-refractivity contribution in [2.75, 3.05) is 13.1 Å². The van der Waals surface area contributed by atoms with Crippen molar-refractivity contribution in [3.63, 3.8) is 0 Å². The van der Waals surface area contributed by atoms with Gasteiger partial charge in [-0.25, -0.2) is 0 Å². The fourth-order valence-corrected chi connectivity index (χ4v) is 5.35. The Morgan fingerprint density at radius 1 is 0.967 bits per heavy atom. The van der Waals surface area contributed by atoms with Crippen molar-refractivity contribution in [1.82, 2.24) is 15.5 Å².